The van der Waals surface area contributed by atoms with Gasteiger partial charge in [0.25, 0.3) is 0 Å². The lowest BCUT2D eigenvalue weighted by Gasteiger charge is -2.03. The molecule has 1 amide bonds. The zero-order valence-corrected chi connectivity index (χ0v) is 12.7. The Morgan fingerprint density at radius 1 is 1.23 bits per heavy atom. The molecule has 0 spiro atoms. The zero-order chi connectivity index (χ0) is 15.5. The van der Waals surface area contributed by atoms with E-state index in [1.165, 1.54) is 17.6 Å². The maximum atomic E-state index is 11.8. The van der Waals surface area contributed by atoms with E-state index in [0.717, 1.165) is 4.70 Å². The van der Waals surface area contributed by atoms with E-state index in [1.807, 2.05) is 6.07 Å². The Hall–Kier alpha value is -2.74. The number of thiazole rings is 1. The number of rotatable bonds is 5. The molecule has 0 fully saturated rings. The van der Waals surface area contributed by atoms with Gasteiger partial charge in [0.2, 0.25) is 5.13 Å². The Bertz CT molecular complexity index is 757. The summed E-state index contributed by atoms with van der Waals surface area (Å²) in [4.78, 5) is 16.2. The molecule has 1 aromatic carbocycles. The molecule has 0 radical (unpaired) electrons. The van der Waals surface area contributed by atoms with Crippen LogP contribution in [0.25, 0.3) is 10.2 Å². The smallest absolute Gasteiger partial charge is 0.305 e. The van der Waals surface area contributed by atoms with Gasteiger partial charge in [-0.05, 0) is 24.3 Å². The van der Waals surface area contributed by atoms with Crippen molar-refractivity contribution in [2.24, 2.45) is 0 Å². The molecule has 0 saturated carbocycles. The van der Waals surface area contributed by atoms with Gasteiger partial charge in [0.1, 0.15) is 21.7 Å². The lowest BCUT2D eigenvalue weighted by Crippen LogP contribution is -2.28. The number of methoxy groups -OCH3 is 2. The Morgan fingerprint density at radius 2 is 2.00 bits per heavy atom. The predicted octanol–water partition coefficient (Wildman–Crippen LogP) is 2.66. The molecule has 3 aromatic rings. The second-order valence-corrected chi connectivity index (χ2v) is 5.22. The third-order valence-corrected chi connectivity index (χ3v) is 3.92. The maximum absolute atomic E-state index is 11.8. The molecule has 2 N–H and O–H groups in total. The summed E-state index contributed by atoms with van der Waals surface area (Å²) < 4.78 is 16.4. The summed E-state index contributed by atoms with van der Waals surface area (Å²) in [5.74, 6) is 1.16. The van der Waals surface area contributed by atoms with Crippen molar-refractivity contribution in [1.29, 1.82) is 0 Å². The van der Waals surface area contributed by atoms with Crippen LogP contribution in [-0.4, -0.2) is 25.1 Å². The summed E-state index contributed by atoms with van der Waals surface area (Å²) in [5.41, 5.74) is 5.95. The van der Waals surface area contributed by atoms with Crippen molar-refractivity contribution >= 4 is 32.6 Å². The Balaban J connectivity index is 1.84. The predicted molar refractivity (Wildman–Crippen MR) is 82.5 cm³/mol. The van der Waals surface area contributed by atoms with Crippen LogP contribution in [0, 0.1) is 0 Å². The van der Waals surface area contributed by atoms with Crippen LogP contribution in [0.2, 0.25) is 0 Å². The Morgan fingerprint density at radius 3 is 2.68 bits per heavy atom. The number of anilines is 1. The van der Waals surface area contributed by atoms with Crippen LogP contribution in [0.15, 0.2) is 34.9 Å². The fourth-order valence-electron chi connectivity index (χ4n) is 1.92. The van der Waals surface area contributed by atoms with E-state index in [2.05, 4.69) is 15.8 Å². The minimum absolute atomic E-state index is 0.212. The second kappa shape index (κ2) is 5.94. The van der Waals surface area contributed by atoms with Gasteiger partial charge >= 0.3 is 5.91 Å². The van der Waals surface area contributed by atoms with Gasteiger partial charge < -0.3 is 13.9 Å². The van der Waals surface area contributed by atoms with Gasteiger partial charge in [0.15, 0.2) is 5.76 Å². The summed E-state index contributed by atoms with van der Waals surface area (Å²) >= 11 is 1.34. The van der Waals surface area contributed by atoms with Gasteiger partial charge in [-0.2, -0.15) is 0 Å². The third-order valence-electron chi connectivity index (χ3n) is 2.94. The summed E-state index contributed by atoms with van der Waals surface area (Å²) in [6.07, 6.45) is 1.43. The van der Waals surface area contributed by atoms with E-state index in [0.29, 0.717) is 22.1 Å². The van der Waals surface area contributed by atoms with Crippen molar-refractivity contribution in [2.75, 3.05) is 19.6 Å². The molecule has 0 aliphatic heterocycles. The SMILES string of the molecule is COc1ccc(OC)c2sc(NNC(=O)c3ccco3)nc12. The minimum Gasteiger partial charge on any atom is -0.495 e. The van der Waals surface area contributed by atoms with E-state index >= 15 is 0 Å². The number of carbonyl (C=O) groups is 1. The highest BCUT2D eigenvalue weighted by Crippen LogP contribution is 2.38. The average molecular weight is 319 g/mol. The number of aromatic nitrogens is 1. The van der Waals surface area contributed by atoms with Gasteiger partial charge in [-0.15, -0.1) is 0 Å². The number of benzene rings is 1. The molecule has 0 atom stereocenters. The van der Waals surface area contributed by atoms with Crippen molar-refractivity contribution in [3.05, 3.63) is 36.3 Å². The van der Waals surface area contributed by atoms with E-state index in [4.69, 9.17) is 13.9 Å². The highest BCUT2D eigenvalue weighted by molar-refractivity contribution is 7.22. The monoisotopic (exact) mass is 319 g/mol. The van der Waals surface area contributed by atoms with Crippen molar-refractivity contribution < 1.29 is 18.7 Å². The first kappa shape index (κ1) is 14.2. The van der Waals surface area contributed by atoms with E-state index < -0.39 is 0 Å². The van der Waals surface area contributed by atoms with Crippen LogP contribution in [0.3, 0.4) is 0 Å². The largest absolute Gasteiger partial charge is 0.495 e. The quantitative estimate of drug-likeness (QED) is 0.703. The molecule has 3 rings (SSSR count). The van der Waals surface area contributed by atoms with Crippen LogP contribution < -0.4 is 20.3 Å². The van der Waals surface area contributed by atoms with Crippen LogP contribution in [0.5, 0.6) is 11.5 Å². The van der Waals surface area contributed by atoms with Gasteiger partial charge in [-0.1, -0.05) is 11.3 Å². The number of ether oxygens (including phenoxy) is 2. The highest BCUT2D eigenvalue weighted by Gasteiger charge is 2.14. The first-order chi connectivity index (χ1) is 10.7. The number of nitrogens with zero attached hydrogens (tertiary/aromatic N) is 1. The molecule has 2 heterocycles. The first-order valence-corrected chi connectivity index (χ1v) is 7.16. The van der Waals surface area contributed by atoms with Crippen molar-refractivity contribution in [3.63, 3.8) is 0 Å². The molecule has 0 aliphatic carbocycles. The minimum atomic E-state index is -0.386. The molecule has 2 aromatic heterocycles. The lowest BCUT2D eigenvalue weighted by molar-refractivity contribution is 0.0935. The number of furan rings is 1. The Kier molecular flexibility index (Phi) is 3.84. The highest BCUT2D eigenvalue weighted by atomic mass is 32.1. The molecule has 8 heteroatoms. The number of amides is 1. The second-order valence-electron chi connectivity index (χ2n) is 4.22. The van der Waals surface area contributed by atoms with E-state index in [1.54, 1.807) is 32.4 Å². The number of carbonyl (C=O) groups excluding carboxylic acids is 1. The molecule has 0 aliphatic rings. The Labute approximate surface area is 129 Å². The molecule has 0 bridgehead atoms. The first-order valence-electron chi connectivity index (χ1n) is 6.34. The van der Waals surface area contributed by atoms with Gasteiger partial charge in [-0.3, -0.25) is 15.6 Å². The lowest BCUT2D eigenvalue weighted by atomic mass is 10.3. The zero-order valence-electron chi connectivity index (χ0n) is 11.9. The molecule has 0 saturated heterocycles. The molecular weight excluding hydrogens is 306 g/mol. The molecular formula is C14H13N3O4S. The molecule has 0 unspecified atom stereocenters. The number of nitrogens with one attached hydrogen (secondary N) is 2. The van der Waals surface area contributed by atoms with E-state index in [-0.39, 0.29) is 11.7 Å². The van der Waals surface area contributed by atoms with Crippen LogP contribution in [-0.2, 0) is 0 Å². The summed E-state index contributed by atoms with van der Waals surface area (Å²) in [6, 6.07) is 6.81. The average Bonchev–Trinajstić information content (AvgIpc) is 3.20. The summed E-state index contributed by atoms with van der Waals surface area (Å²) in [6.45, 7) is 0. The molecule has 22 heavy (non-hydrogen) atoms. The standard InChI is InChI=1S/C14H13N3O4S/c1-19-8-5-6-9(20-2)12-11(8)15-14(22-12)17-16-13(18)10-4-3-7-21-10/h3-7H,1-2H3,(H,15,17)(H,16,18). The molecule has 114 valence electrons. The van der Waals surface area contributed by atoms with Gasteiger partial charge in [0.05, 0.1) is 20.5 Å². The number of hydrogen-bond donors (Lipinski definition) is 2. The van der Waals surface area contributed by atoms with Crippen LogP contribution in [0.1, 0.15) is 10.6 Å². The van der Waals surface area contributed by atoms with Crippen LogP contribution in [0.4, 0.5) is 5.13 Å². The summed E-state index contributed by atoms with van der Waals surface area (Å²) in [7, 11) is 3.17. The fourth-order valence-corrected chi connectivity index (χ4v) is 2.85. The topological polar surface area (TPSA) is 85.6 Å². The fraction of sp³-hybridized carbons (Fsp3) is 0.143. The number of fused-ring (bicyclic) bond motifs is 1. The van der Waals surface area contributed by atoms with Crippen molar-refractivity contribution in [2.45, 2.75) is 0 Å². The van der Waals surface area contributed by atoms with E-state index in [9.17, 15) is 4.79 Å². The van der Waals surface area contributed by atoms with Crippen molar-refractivity contribution in [3.8, 4) is 11.5 Å². The number of hydrazine groups is 1. The van der Waals surface area contributed by atoms with Crippen LogP contribution >= 0.6 is 11.3 Å². The number of hydrogen-bond acceptors (Lipinski definition) is 7. The summed E-state index contributed by atoms with van der Waals surface area (Å²) in [5, 5.41) is 0.512. The third kappa shape index (κ3) is 2.56. The van der Waals surface area contributed by atoms with Crippen molar-refractivity contribution in [1.82, 2.24) is 10.4 Å². The molecule has 7 nitrogen and oxygen atoms in total. The van der Waals surface area contributed by atoms with Gasteiger partial charge in [-0.25, -0.2) is 4.98 Å². The normalized spacial score (nSPS) is 10.5. The van der Waals surface area contributed by atoms with Gasteiger partial charge in [0, 0.05) is 0 Å². The maximum Gasteiger partial charge on any atom is 0.305 e.